The van der Waals surface area contributed by atoms with Gasteiger partial charge in [-0.25, -0.2) is 4.79 Å². The molecule has 2 aliphatic rings. The van der Waals surface area contributed by atoms with Crippen molar-refractivity contribution < 1.29 is 14.3 Å². The third kappa shape index (κ3) is 4.64. The molecule has 2 fully saturated rings. The van der Waals surface area contributed by atoms with Crippen molar-refractivity contribution in [3.63, 3.8) is 0 Å². The van der Waals surface area contributed by atoms with Crippen LogP contribution in [0.25, 0.3) is 0 Å². The number of halogens is 1. The molecule has 7 heteroatoms. The highest BCUT2D eigenvalue weighted by atomic mass is 35.5. The van der Waals surface area contributed by atoms with Gasteiger partial charge in [-0.1, -0.05) is 29.8 Å². The number of carbonyl (C=O) groups is 2. The Bertz CT molecular complexity index is 611. The molecule has 1 aromatic rings. The quantitative estimate of drug-likeness (QED) is 0.892. The molecule has 1 aromatic carbocycles. The van der Waals surface area contributed by atoms with E-state index in [-0.39, 0.29) is 17.9 Å². The van der Waals surface area contributed by atoms with Crippen molar-refractivity contribution in [2.75, 3.05) is 39.4 Å². The van der Waals surface area contributed by atoms with Crippen LogP contribution >= 0.6 is 11.6 Å². The Hall–Kier alpha value is -1.79. The van der Waals surface area contributed by atoms with Gasteiger partial charge in [-0.3, -0.25) is 4.79 Å². The van der Waals surface area contributed by atoms with Crippen LogP contribution in [0.15, 0.2) is 24.3 Å². The van der Waals surface area contributed by atoms with Gasteiger partial charge < -0.3 is 19.9 Å². The van der Waals surface area contributed by atoms with Crippen LogP contribution in [0.3, 0.4) is 0 Å². The van der Waals surface area contributed by atoms with Gasteiger partial charge in [0.05, 0.1) is 13.2 Å². The van der Waals surface area contributed by atoms with Crippen LogP contribution in [0, 0.1) is 5.92 Å². The zero-order valence-corrected chi connectivity index (χ0v) is 15.0. The zero-order valence-electron chi connectivity index (χ0n) is 14.2. The molecule has 0 bridgehead atoms. The first kappa shape index (κ1) is 18.0. The van der Waals surface area contributed by atoms with Crippen molar-refractivity contribution in [3.05, 3.63) is 34.9 Å². The minimum absolute atomic E-state index is 0.0192. The third-order valence-corrected chi connectivity index (χ3v) is 5.21. The molecule has 0 aromatic heterocycles. The van der Waals surface area contributed by atoms with E-state index in [2.05, 4.69) is 5.32 Å². The SMILES string of the molecule is O=C(NCc1ccccc1Cl)N1CCC(C(=O)N2CCOCC2)CC1. The second-order valence-electron chi connectivity index (χ2n) is 6.45. The Kier molecular flexibility index (Phi) is 6.15. The van der Waals surface area contributed by atoms with E-state index in [1.165, 1.54) is 0 Å². The first-order valence-electron chi connectivity index (χ1n) is 8.78. The van der Waals surface area contributed by atoms with Gasteiger partial charge in [-0.15, -0.1) is 0 Å². The van der Waals surface area contributed by atoms with Crippen LogP contribution in [0.4, 0.5) is 4.79 Å². The Morgan fingerprint density at radius 1 is 1.08 bits per heavy atom. The fraction of sp³-hybridized carbons (Fsp3) is 0.556. The molecule has 25 heavy (non-hydrogen) atoms. The van der Waals surface area contributed by atoms with E-state index in [4.69, 9.17) is 16.3 Å². The molecule has 2 saturated heterocycles. The molecular weight excluding hydrogens is 342 g/mol. The summed E-state index contributed by atoms with van der Waals surface area (Å²) in [4.78, 5) is 28.5. The number of hydrogen-bond donors (Lipinski definition) is 1. The van der Waals surface area contributed by atoms with Crippen LogP contribution < -0.4 is 5.32 Å². The summed E-state index contributed by atoms with van der Waals surface area (Å²) in [5.74, 6) is 0.227. The number of urea groups is 1. The number of nitrogens with one attached hydrogen (secondary N) is 1. The Labute approximate surface area is 153 Å². The van der Waals surface area contributed by atoms with E-state index in [9.17, 15) is 9.59 Å². The second kappa shape index (κ2) is 8.54. The average Bonchev–Trinajstić information content (AvgIpc) is 2.67. The predicted octanol–water partition coefficient (Wildman–Crippen LogP) is 2.12. The molecule has 0 radical (unpaired) electrons. The molecule has 2 heterocycles. The highest BCUT2D eigenvalue weighted by Gasteiger charge is 2.30. The maximum atomic E-state index is 12.5. The Morgan fingerprint density at radius 3 is 2.44 bits per heavy atom. The van der Waals surface area contributed by atoms with E-state index >= 15 is 0 Å². The topological polar surface area (TPSA) is 61.9 Å². The number of piperidine rings is 1. The van der Waals surface area contributed by atoms with Gasteiger partial charge in [0.2, 0.25) is 5.91 Å². The summed E-state index contributed by atoms with van der Waals surface area (Å²) in [5, 5.41) is 3.56. The van der Waals surface area contributed by atoms with Crippen LogP contribution in [0.5, 0.6) is 0 Å². The number of carbonyl (C=O) groups excluding carboxylic acids is 2. The molecule has 0 atom stereocenters. The van der Waals surface area contributed by atoms with E-state index in [1.54, 1.807) is 4.90 Å². The first-order chi connectivity index (χ1) is 12.1. The maximum absolute atomic E-state index is 12.5. The lowest BCUT2D eigenvalue weighted by atomic mass is 9.95. The lowest BCUT2D eigenvalue weighted by Gasteiger charge is -2.35. The summed E-state index contributed by atoms with van der Waals surface area (Å²) >= 11 is 6.11. The Balaban J connectivity index is 1.44. The van der Waals surface area contributed by atoms with Gasteiger partial charge in [-0.05, 0) is 24.5 Å². The number of ether oxygens (including phenoxy) is 1. The van der Waals surface area contributed by atoms with E-state index < -0.39 is 0 Å². The third-order valence-electron chi connectivity index (χ3n) is 4.84. The molecule has 1 N–H and O–H groups in total. The summed E-state index contributed by atoms with van der Waals surface area (Å²) in [6.45, 7) is 4.22. The standard InChI is InChI=1S/C18H24ClN3O3/c19-16-4-2-1-3-15(16)13-20-18(24)22-7-5-14(6-8-22)17(23)21-9-11-25-12-10-21/h1-4,14H,5-13H2,(H,20,24). The smallest absolute Gasteiger partial charge is 0.317 e. The molecule has 0 aliphatic carbocycles. The lowest BCUT2D eigenvalue weighted by molar-refractivity contribution is -0.141. The fourth-order valence-electron chi connectivity index (χ4n) is 3.30. The number of benzene rings is 1. The fourth-order valence-corrected chi connectivity index (χ4v) is 3.50. The summed E-state index contributed by atoms with van der Waals surface area (Å²) in [5.41, 5.74) is 0.898. The number of likely N-dealkylation sites (tertiary alicyclic amines) is 1. The summed E-state index contributed by atoms with van der Waals surface area (Å²) < 4.78 is 5.29. The summed E-state index contributed by atoms with van der Waals surface area (Å²) in [6.07, 6.45) is 1.44. The van der Waals surface area contributed by atoms with Crippen molar-refractivity contribution in [3.8, 4) is 0 Å². The second-order valence-corrected chi connectivity index (χ2v) is 6.86. The molecule has 6 nitrogen and oxygen atoms in total. The molecule has 2 aliphatic heterocycles. The van der Waals surface area contributed by atoms with Crippen LogP contribution in [-0.4, -0.2) is 61.1 Å². The zero-order chi connectivity index (χ0) is 17.6. The van der Waals surface area contributed by atoms with Crippen LogP contribution in [-0.2, 0) is 16.1 Å². The van der Waals surface area contributed by atoms with Gasteiger partial charge in [-0.2, -0.15) is 0 Å². The maximum Gasteiger partial charge on any atom is 0.317 e. The van der Waals surface area contributed by atoms with Crippen molar-refractivity contribution >= 4 is 23.5 Å². The number of hydrogen-bond acceptors (Lipinski definition) is 3. The summed E-state index contributed by atoms with van der Waals surface area (Å²) in [7, 11) is 0. The van der Waals surface area contributed by atoms with Crippen molar-refractivity contribution in [1.29, 1.82) is 0 Å². The van der Waals surface area contributed by atoms with Gasteiger partial charge in [0, 0.05) is 43.7 Å². The van der Waals surface area contributed by atoms with Gasteiger partial charge in [0.25, 0.3) is 0 Å². The Morgan fingerprint density at radius 2 is 1.76 bits per heavy atom. The largest absolute Gasteiger partial charge is 0.378 e. The highest BCUT2D eigenvalue weighted by Crippen LogP contribution is 2.21. The monoisotopic (exact) mass is 365 g/mol. The molecule has 0 saturated carbocycles. The van der Waals surface area contributed by atoms with E-state index in [0.29, 0.717) is 51.0 Å². The minimum atomic E-state index is -0.0998. The minimum Gasteiger partial charge on any atom is -0.378 e. The normalized spacial score (nSPS) is 18.9. The molecule has 3 amide bonds. The number of morpholine rings is 1. The molecule has 0 unspecified atom stereocenters. The van der Waals surface area contributed by atoms with Gasteiger partial charge in [0.1, 0.15) is 0 Å². The number of amides is 3. The van der Waals surface area contributed by atoms with E-state index in [1.807, 2.05) is 29.2 Å². The lowest BCUT2D eigenvalue weighted by Crippen LogP contribution is -2.49. The predicted molar refractivity (Wildman–Crippen MR) is 95.4 cm³/mol. The van der Waals surface area contributed by atoms with Gasteiger partial charge >= 0.3 is 6.03 Å². The van der Waals surface area contributed by atoms with Crippen LogP contribution in [0.2, 0.25) is 5.02 Å². The number of nitrogens with zero attached hydrogens (tertiary/aromatic N) is 2. The molecule has 0 spiro atoms. The van der Waals surface area contributed by atoms with Crippen molar-refractivity contribution in [1.82, 2.24) is 15.1 Å². The molecule has 3 rings (SSSR count). The highest BCUT2D eigenvalue weighted by molar-refractivity contribution is 6.31. The molecular formula is C18H24ClN3O3. The van der Waals surface area contributed by atoms with Gasteiger partial charge in [0.15, 0.2) is 0 Å². The van der Waals surface area contributed by atoms with Crippen molar-refractivity contribution in [2.45, 2.75) is 19.4 Å². The van der Waals surface area contributed by atoms with Crippen molar-refractivity contribution in [2.24, 2.45) is 5.92 Å². The first-order valence-corrected chi connectivity index (χ1v) is 9.15. The molecule has 136 valence electrons. The summed E-state index contributed by atoms with van der Waals surface area (Å²) in [6, 6.07) is 7.37. The van der Waals surface area contributed by atoms with Crippen LogP contribution in [0.1, 0.15) is 18.4 Å². The number of rotatable bonds is 3. The van der Waals surface area contributed by atoms with E-state index in [0.717, 1.165) is 18.4 Å². The average molecular weight is 366 g/mol.